The Kier molecular flexibility index (Phi) is 6.37. The minimum Gasteiger partial charge on any atom is -0.381 e. The van der Waals surface area contributed by atoms with Crippen LogP contribution in [0.15, 0.2) is 24.3 Å². The second-order valence-electron chi connectivity index (χ2n) is 7.54. The molecule has 1 saturated carbocycles. The summed E-state index contributed by atoms with van der Waals surface area (Å²) in [6.07, 6.45) is 7.61. The van der Waals surface area contributed by atoms with Crippen LogP contribution in [0.25, 0.3) is 0 Å². The fourth-order valence-corrected chi connectivity index (χ4v) is 4.39. The molecule has 3 N–H and O–H groups in total. The van der Waals surface area contributed by atoms with Crippen LogP contribution in [0.2, 0.25) is 5.02 Å². The van der Waals surface area contributed by atoms with Crippen molar-refractivity contribution in [3.05, 3.63) is 34.9 Å². The van der Waals surface area contributed by atoms with Gasteiger partial charge in [-0.05, 0) is 49.3 Å². The van der Waals surface area contributed by atoms with Crippen LogP contribution >= 0.6 is 11.6 Å². The number of nitrogens with two attached hydrogens (primary N) is 1. The smallest absolute Gasteiger partial charge is 0.237 e. The number of halogens is 1. The molecule has 2 aliphatic rings. The quantitative estimate of drug-likeness (QED) is 0.841. The third kappa shape index (κ3) is 4.55. The molecule has 1 atom stereocenters. The first-order valence-corrected chi connectivity index (χ1v) is 9.86. The number of amides is 1. The van der Waals surface area contributed by atoms with Gasteiger partial charge in [-0.25, -0.2) is 0 Å². The molecule has 138 valence electrons. The highest BCUT2D eigenvalue weighted by Gasteiger charge is 2.35. The molecule has 1 aromatic rings. The molecule has 0 spiro atoms. The number of carbonyl (C=O) groups excluding carboxylic acids is 1. The van der Waals surface area contributed by atoms with E-state index in [9.17, 15) is 4.79 Å². The highest BCUT2D eigenvalue weighted by atomic mass is 35.5. The Labute approximate surface area is 155 Å². The Balaban J connectivity index is 1.66. The molecule has 1 amide bonds. The zero-order chi connectivity index (χ0) is 17.7. The van der Waals surface area contributed by atoms with Gasteiger partial charge in [-0.15, -0.1) is 0 Å². The first-order chi connectivity index (χ1) is 12.1. The first-order valence-electron chi connectivity index (χ1n) is 9.48. The van der Waals surface area contributed by atoms with Crippen LogP contribution in [0.5, 0.6) is 0 Å². The second-order valence-corrected chi connectivity index (χ2v) is 7.98. The van der Waals surface area contributed by atoms with E-state index in [1.807, 2.05) is 12.1 Å². The Bertz CT molecular complexity index is 564. The van der Waals surface area contributed by atoms with Crippen LogP contribution in [-0.4, -0.2) is 31.7 Å². The highest BCUT2D eigenvalue weighted by molar-refractivity contribution is 6.30. The fraction of sp³-hybridized carbons (Fsp3) is 0.650. The molecule has 1 unspecified atom stereocenters. The lowest BCUT2D eigenvalue weighted by Gasteiger charge is -2.38. The minimum atomic E-state index is -0.435. The van der Waals surface area contributed by atoms with Crippen molar-refractivity contribution in [2.24, 2.45) is 11.7 Å². The average Bonchev–Trinajstić information content (AvgIpc) is 2.67. The van der Waals surface area contributed by atoms with Gasteiger partial charge in [0.1, 0.15) is 0 Å². The number of hydrogen-bond donors (Lipinski definition) is 2. The van der Waals surface area contributed by atoms with E-state index in [1.165, 1.54) is 24.8 Å². The van der Waals surface area contributed by atoms with E-state index in [0.29, 0.717) is 19.8 Å². The minimum absolute atomic E-state index is 0.00783. The van der Waals surface area contributed by atoms with Gasteiger partial charge in [0.2, 0.25) is 5.91 Å². The zero-order valence-corrected chi connectivity index (χ0v) is 15.6. The van der Waals surface area contributed by atoms with Gasteiger partial charge in [-0.2, -0.15) is 0 Å². The van der Waals surface area contributed by atoms with E-state index in [0.717, 1.165) is 30.7 Å². The van der Waals surface area contributed by atoms with Crippen molar-refractivity contribution < 1.29 is 9.53 Å². The summed E-state index contributed by atoms with van der Waals surface area (Å²) in [5.74, 6) is 0.206. The van der Waals surface area contributed by atoms with Gasteiger partial charge < -0.3 is 15.8 Å². The molecule has 1 aliphatic carbocycles. The van der Waals surface area contributed by atoms with Crippen LogP contribution in [0, 0.1) is 5.92 Å². The number of hydrogen-bond acceptors (Lipinski definition) is 3. The molecule has 1 aromatic carbocycles. The van der Waals surface area contributed by atoms with Gasteiger partial charge in [0, 0.05) is 30.2 Å². The van der Waals surface area contributed by atoms with Crippen molar-refractivity contribution in [1.82, 2.24) is 5.32 Å². The maximum absolute atomic E-state index is 12.6. The van der Waals surface area contributed by atoms with Crippen molar-refractivity contribution in [3.8, 4) is 0 Å². The molecular weight excluding hydrogens is 336 g/mol. The third-order valence-corrected chi connectivity index (χ3v) is 6.20. The van der Waals surface area contributed by atoms with Gasteiger partial charge in [-0.1, -0.05) is 43.0 Å². The van der Waals surface area contributed by atoms with Crippen molar-refractivity contribution >= 4 is 17.5 Å². The van der Waals surface area contributed by atoms with E-state index in [4.69, 9.17) is 22.1 Å². The van der Waals surface area contributed by atoms with Crippen LogP contribution < -0.4 is 11.1 Å². The summed E-state index contributed by atoms with van der Waals surface area (Å²) >= 11 is 6.05. The van der Waals surface area contributed by atoms with Gasteiger partial charge >= 0.3 is 0 Å². The number of nitrogens with one attached hydrogen (secondary N) is 1. The molecule has 25 heavy (non-hydrogen) atoms. The molecule has 0 aromatic heterocycles. The molecule has 4 nitrogen and oxygen atoms in total. The SMILES string of the molecule is NC(C(=O)NCC1(c2ccc(Cl)cc2)CCCCC1)C1CCOCC1. The first kappa shape index (κ1) is 18.7. The highest BCUT2D eigenvalue weighted by Crippen LogP contribution is 2.39. The van der Waals surface area contributed by atoms with Crippen LogP contribution in [0.1, 0.15) is 50.5 Å². The molecule has 3 rings (SSSR count). The Hall–Kier alpha value is -1.10. The number of ether oxygens (including phenoxy) is 1. The Morgan fingerprint density at radius 2 is 1.84 bits per heavy atom. The predicted octanol–water partition coefficient (Wildman–Crippen LogP) is 3.41. The molecule has 5 heteroatoms. The van der Waals surface area contributed by atoms with E-state index in [1.54, 1.807) is 0 Å². The van der Waals surface area contributed by atoms with E-state index < -0.39 is 6.04 Å². The normalized spacial score (nSPS) is 22.3. The van der Waals surface area contributed by atoms with Crippen molar-refractivity contribution in [2.75, 3.05) is 19.8 Å². The van der Waals surface area contributed by atoms with Crippen LogP contribution in [-0.2, 0) is 14.9 Å². The van der Waals surface area contributed by atoms with E-state index >= 15 is 0 Å². The molecule has 0 bridgehead atoms. The molecule has 0 radical (unpaired) electrons. The summed E-state index contributed by atoms with van der Waals surface area (Å²) < 4.78 is 5.37. The summed E-state index contributed by atoms with van der Waals surface area (Å²) in [5.41, 5.74) is 7.51. The standard InChI is InChI=1S/C20H29ClN2O2/c21-17-6-4-16(5-7-17)20(10-2-1-3-11-20)14-23-19(24)18(22)15-8-12-25-13-9-15/h4-7,15,18H,1-3,8-14,22H2,(H,23,24). The Morgan fingerprint density at radius 1 is 1.20 bits per heavy atom. The lowest BCUT2D eigenvalue weighted by molar-refractivity contribution is -0.124. The van der Waals surface area contributed by atoms with Crippen LogP contribution in [0.3, 0.4) is 0 Å². The number of rotatable bonds is 5. The van der Waals surface area contributed by atoms with Crippen molar-refractivity contribution in [2.45, 2.75) is 56.4 Å². The van der Waals surface area contributed by atoms with Crippen LogP contribution in [0.4, 0.5) is 0 Å². The maximum atomic E-state index is 12.6. The lowest BCUT2D eigenvalue weighted by Crippen LogP contribution is -2.51. The molecule has 2 fully saturated rings. The monoisotopic (exact) mass is 364 g/mol. The lowest BCUT2D eigenvalue weighted by atomic mass is 9.69. The fourth-order valence-electron chi connectivity index (χ4n) is 4.26. The molecular formula is C20H29ClN2O2. The molecule has 1 heterocycles. The Morgan fingerprint density at radius 3 is 2.48 bits per heavy atom. The maximum Gasteiger partial charge on any atom is 0.237 e. The number of benzene rings is 1. The average molecular weight is 365 g/mol. The molecule has 1 saturated heterocycles. The summed E-state index contributed by atoms with van der Waals surface area (Å²) in [6.45, 7) is 2.07. The third-order valence-electron chi connectivity index (χ3n) is 5.94. The second kappa shape index (κ2) is 8.52. The van der Waals surface area contributed by atoms with E-state index in [2.05, 4.69) is 17.4 Å². The van der Waals surface area contributed by atoms with Gasteiger partial charge in [0.25, 0.3) is 0 Å². The van der Waals surface area contributed by atoms with Crippen molar-refractivity contribution in [3.63, 3.8) is 0 Å². The largest absolute Gasteiger partial charge is 0.381 e. The van der Waals surface area contributed by atoms with Crippen molar-refractivity contribution in [1.29, 1.82) is 0 Å². The van der Waals surface area contributed by atoms with E-state index in [-0.39, 0.29) is 17.2 Å². The summed E-state index contributed by atoms with van der Waals surface area (Å²) in [4.78, 5) is 12.6. The zero-order valence-electron chi connectivity index (χ0n) is 14.8. The summed E-state index contributed by atoms with van der Waals surface area (Å²) in [7, 11) is 0. The summed E-state index contributed by atoms with van der Waals surface area (Å²) in [5, 5.41) is 3.92. The topological polar surface area (TPSA) is 64.4 Å². The van der Waals surface area contributed by atoms with Gasteiger partial charge in [-0.3, -0.25) is 4.79 Å². The summed E-state index contributed by atoms with van der Waals surface area (Å²) in [6, 6.07) is 7.68. The predicted molar refractivity (Wildman–Crippen MR) is 101 cm³/mol. The number of carbonyl (C=O) groups is 1. The molecule has 1 aliphatic heterocycles. The van der Waals surface area contributed by atoms with Gasteiger partial charge in [0.05, 0.1) is 6.04 Å². The van der Waals surface area contributed by atoms with Gasteiger partial charge in [0.15, 0.2) is 0 Å².